The van der Waals surface area contributed by atoms with Crippen molar-refractivity contribution in [3.8, 4) is 0 Å². The number of hydrogen-bond acceptors (Lipinski definition) is 5. The molecule has 4 rings (SSSR count). The van der Waals surface area contributed by atoms with E-state index >= 15 is 0 Å². The molecule has 2 aliphatic rings. The summed E-state index contributed by atoms with van der Waals surface area (Å²) in [5, 5.41) is 0.874. The first-order valence-electron chi connectivity index (χ1n) is 9.79. The van der Waals surface area contributed by atoms with Crippen LogP contribution in [0.25, 0.3) is 10.9 Å². The number of amides is 1. The lowest BCUT2D eigenvalue weighted by molar-refractivity contribution is -0.133. The first-order chi connectivity index (χ1) is 13.0. The Labute approximate surface area is 158 Å². The van der Waals surface area contributed by atoms with Gasteiger partial charge in [0.15, 0.2) is 0 Å². The summed E-state index contributed by atoms with van der Waals surface area (Å²) in [6.07, 6.45) is 3.96. The molecule has 27 heavy (non-hydrogen) atoms. The zero-order chi connectivity index (χ0) is 19.0. The maximum absolute atomic E-state index is 12.7. The average molecular weight is 369 g/mol. The molecule has 7 heteroatoms. The van der Waals surface area contributed by atoms with Crippen molar-refractivity contribution in [3.05, 3.63) is 40.4 Å². The van der Waals surface area contributed by atoms with Crippen LogP contribution in [0.2, 0.25) is 0 Å². The summed E-state index contributed by atoms with van der Waals surface area (Å²) in [6, 6.07) is 6.41. The molecule has 0 aliphatic carbocycles. The number of carbonyl (C=O) groups is 1. The zero-order valence-electron chi connectivity index (χ0n) is 15.9. The van der Waals surface area contributed by atoms with Crippen molar-refractivity contribution in [2.45, 2.75) is 51.1 Å². The first kappa shape index (κ1) is 18.1. The third kappa shape index (κ3) is 3.61. The molecule has 144 valence electrons. The molecule has 4 heterocycles. The van der Waals surface area contributed by atoms with Crippen LogP contribution < -0.4 is 16.4 Å². The quantitative estimate of drug-likeness (QED) is 0.763. The number of nitrogens with zero attached hydrogens (tertiary/aromatic N) is 2. The normalized spacial score (nSPS) is 26.6. The van der Waals surface area contributed by atoms with Gasteiger partial charge >= 0.3 is 0 Å². The number of hydrazine groups is 1. The fraction of sp³-hybridized carbons (Fsp3) is 0.550. The molecule has 2 atom stereocenters. The predicted octanol–water partition coefficient (Wildman–Crippen LogP) is 1.52. The first-order valence-corrected chi connectivity index (χ1v) is 9.79. The number of pyridine rings is 2. The number of hydrogen-bond donors (Lipinski definition) is 3. The van der Waals surface area contributed by atoms with Crippen LogP contribution in [0, 0.1) is 5.92 Å². The highest BCUT2D eigenvalue weighted by Crippen LogP contribution is 2.28. The van der Waals surface area contributed by atoms with Crippen LogP contribution in [-0.2, 0) is 4.79 Å². The summed E-state index contributed by atoms with van der Waals surface area (Å²) >= 11 is 0. The Bertz CT molecular complexity index is 877. The molecular formula is C20H27N5O2. The predicted molar refractivity (Wildman–Crippen MR) is 104 cm³/mol. The van der Waals surface area contributed by atoms with Crippen LogP contribution in [0.3, 0.4) is 0 Å². The number of fused-ring (bicyclic) bond motifs is 1. The van der Waals surface area contributed by atoms with Crippen LogP contribution >= 0.6 is 0 Å². The molecule has 2 aliphatic heterocycles. The second-order valence-corrected chi connectivity index (χ2v) is 7.88. The third-order valence-corrected chi connectivity index (χ3v) is 6.14. The summed E-state index contributed by atoms with van der Waals surface area (Å²) in [5.74, 6) is 0.831. The summed E-state index contributed by atoms with van der Waals surface area (Å²) < 4.78 is 0. The van der Waals surface area contributed by atoms with E-state index < -0.39 is 0 Å². The maximum Gasteiger partial charge on any atom is 0.274 e. The molecular weight excluding hydrogens is 342 g/mol. The number of H-pyrrole nitrogens is 1. The van der Waals surface area contributed by atoms with Crippen LogP contribution in [0.15, 0.2) is 29.2 Å². The van der Waals surface area contributed by atoms with E-state index in [2.05, 4.69) is 34.7 Å². The molecule has 2 aromatic rings. The molecule has 0 radical (unpaired) electrons. The number of aromatic amines is 1. The van der Waals surface area contributed by atoms with Gasteiger partial charge in [-0.25, -0.2) is 0 Å². The van der Waals surface area contributed by atoms with Gasteiger partial charge in [-0.1, -0.05) is 6.07 Å². The number of likely N-dealkylation sites (tertiary alicyclic amines) is 1. The van der Waals surface area contributed by atoms with E-state index in [1.807, 2.05) is 23.1 Å². The lowest BCUT2D eigenvalue weighted by Crippen LogP contribution is -2.40. The monoisotopic (exact) mass is 369 g/mol. The number of nitrogens with one attached hydrogen (secondary N) is 3. The van der Waals surface area contributed by atoms with Crippen molar-refractivity contribution in [2.24, 2.45) is 5.92 Å². The number of rotatable bonds is 3. The van der Waals surface area contributed by atoms with E-state index in [-0.39, 0.29) is 17.4 Å². The Morgan fingerprint density at radius 1 is 1.22 bits per heavy atom. The summed E-state index contributed by atoms with van der Waals surface area (Å²) in [5.41, 5.74) is 7.74. The average Bonchev–Trinajstić information content (AvgIpc) is 3.00. The molecule has 1 amide bonds. The minimum Gasteiger partial charge on any atom is -0.343 e. The van der Waals surface area contributed by atoms with Gasteiger partial charge in [0.25, 0.3) is 5.56 Å². The Hall–Kier alpha value is -2.25. The number of aromatic nitrogens is 2. The summed E-state index contributed by atoms with van der Waals surface area (Å²) in [7, 11) is 0. The van der Waals surface area contributed by atoms with Crippen molar-refractivity contribution in [3.63, 3.8) is 0 Å². The maximum atomic E-state index is 12.7. The van der Waals surface area contributed by atoms with Crippen molar-refractivity contribution in [1.29, 1.82) is 0 Å². The van der Waals surface area contributed by atoms with E-state index in [0.29, 0.717) is 29.9 Å². The fourth-order valence-corrected chi connectivity index (χ4v) is 4.37. The smallest absolute Gasteiger partial charge is 0.274 e. The van der Waals surface area contributed by atoms with Crippen LogP contribution in [0.5, 0.6) is 0 Å². The minimum absolute atomic E-state index is 0.134. The highest BCUT2D eigenvalue weighted by atomic mass is 16.2. The van der Waals surface area contributed by atoms with E-state index in [1.54, 1.807) is 6.20 Å². The van der Waals surface area contributed by atoms with Crippen molar-refractivity contribution in [1.82, 2.24) is 25.7 Å². The van der Waals surface area contributed by atoms with E-state index in [4.69, 9.17) is 0 Å². The van der Waals surface area contributed by atoms with Gasteiger partial charge in [0.05, 0.1) is 0 Å². The Morgan fingerprint density at radius 2 is 1.93 bits per heavy atom. The zero-order valence-corrected chi connectivity index (χ0v) is 15.9. The van der Waals surface area contributed by atoms with Gasteiger partial charge in [-0.05, 0) is 38.8 Å². The molecule has 2 saturated heterocycles. The fourth-order valence-electron chi connectivity index (χ4n) is 4.37. The highest BCUT2D eigenvalue weighted by Gasteiger charge is 2.33. The lowest BCUT2D eigenvalue weighted by Gasteiger charge is -2.33. The van der Waals surface area contributed by atoms with Crippen molar-refractivity contribution in [2.75, 3.05) is 13.1 Å². The molecule has 0 bridgehead atoms. The van der Waals surface area contributed by atoms with Crippen LogP contribution in [0.1, 0.15) is 44.7 Å². The topological polar surface area (TPSA) is 90.1 Å². The molecule has 2 fully saturated rings. The second-order valence-electron chi connectivity index (χ2n) is 7.88. The van der Waals surface area contributed by atoms with Gasteiger partial charge in [-0.2, -0.15) is 0 Å². The standard InChI is InChI=1S/C20H27N5O2/c1-12-16(13(2)24-23-12)11-18(26)25-8-5-14(6-9-25)17-10-15-4-3-7-21-19(15)20(27)22-17/h3-4,7,10,12-14,16,23-24H,5-6,8-9,11H2,1-2H3,(H,22,27). The van der Waals surface area contributed by atoms with Crippen LogP contribution in [-0.4, -0.2) is 45.9 Å². The van der Waals surface area contributed by atoms with E-state index in [9.17, 15) is 9.59 Å². The Morgan fingerprint density at radius 3 is 2.63 bits per heavy atom. The summed E-state index contributed by atoms with van der Waals surface area (Å²) in [6.45, 7) is 5.72. The van der Waals surface area contributed by atoms with Gasteiger partial charge in [0, 0.05) is 60.7 Å². The van der Waals surface area contributed by atoms with Gasteiger partial charge in [-0.15, -0.1) is 0 Å². The second kappa shape index (κ2) is 7.40. The SMILES string of the molecule is CC1NNC(C)C1CC(=O)N1CCC(c2cc3cccnc3c(=O)[nH]2)CC1. The van der Waals surface area contributed by atoms with Crippen LogP contribution in [0.4, 0.5) is 0 Å². The number of piperidine rings is 1. The minimum atomic E-state index is -0.134. The van der Waals surface area contributed by atoms with Gasteiger partial charge in [-0.3, -0.25) is 25.4 Å². The van der Waals surface area contributed by atoms with E-state index in [1.165, 1.54) is 0 Å². The highest BCUT2D eigenvalue weighted by molar-refractivity contribution is 5.78. The van der Waals surface area contributed by atoms with Crippen molar-refractivity contribution >= 4 is 16.8 Å². The molecule has 0 spiro atoms. The van der Waals surface area contributed by atoms with E-state index in [0.717, 1.165) is 37.0 Å². The largest absolute Gasteiger partial charge is 0.343 e. The van der Waals surface area contributed by atoms with Gasteiger partial charge < -0.3 is 9.88 Å². The number of carbonyl (C=O) groups excluding carboxylic acids is 1. The molecule has 0 aromatic carbocycles. The molecule has 0 saturated carbocycles. The third-order valence-electron chi connectivity index (χ3n) is 6.14. The Kier molecular flexibility index (Phi) is 4.97. The van der Waals surface area contributed by atoms with Gasteiger partial charge in [0.1, 0.15) is 5.52 Å². The summed E-state index contributed by atoms with van der Waals surface area (Å²) in [4.78, 5) is 34.1. The lowest BCUT2D eigenvalue weighted by atomic mass is 9.90. The van der Waals surface area contributed by atoms with Gasteiger partial charge in [0.2, 0.25) is 5.91 Å². The molecule has 7 nitrogen and oxygen atoms in total. The molecule has 3 N–H and O–H groups in total. The molecule has 2 aromatic heterocycles. The Balaban J connectivity index is 1.40. The molecule has 2 unspecified atom stereocenters. The van der Waals surface area contributed by atoms with Crippen molar-refractivity contribution < 1.29 is 4.79 Å².